The van der Waals surface area contributed by atoms with E-state index < -0.39 is 17.6 Å². The van der Waals surface area contributed by atoms with Gasteiger partial charge >= 0.3 is 6.18 Å². The zero-order chi connectivity index (χ0) is 24.7. The number of nitrogens with zero attached hydrogens (tertiary/aromatic N) is 1. The van der Waals surface area contributed by atoms with E-state index in [1.54, 1.807) is 24.3 Å². The fourth-order valence-electron chi connectivity index (χ4n) is 3.31. The van der Waals surface area contributed by atoms with Gasteiger partial charge in [-0.2, -0.15) is 18.2 Å². The van der Waals surface area contributed by atoms with Crippen molar-refractivity contribution in [3.63, 3.8) is 0 Å². The molecule has 180 valence electrons. The third-order valence-electron chi connectivity index (χ3n) is 4.97. The van der Waals surface area contributed by atoms with Gasteiger partial charge in [0.15, 0.2) is 5.17 Å². The second-order valence-electron chi connectivity index (χ2n) is 7.47. The van der Waals surface area contributed by atoms with Gasteiger partial charge in [0.1, 0.15) is 0 Å². The zero-order valence-electron chi connectivity index (χ0n) is 18.0. The quantitative estimate of drug-likeness (QED) is 0.325. The number of amides is 1. The van der Waals surface area contributed by atoms with Crippen molar-refractivity contribution >= 4 is 52.4 Å². The predicted molar refractivity (Wildman–Crippen MR) is 132 cm³/mol. The number of aliphatic imine (C=N–C) groups is 1. The molecule has 2 aliphatic heterocycles. The molecule has 1 saturated heterocycles. The number of anilines is 1. The molecule has 0 atom stereocenters. The number of halogens is 4. The van der Waals surface area contributed by atoms with Crippen molar-refractivity contribution in [1.82, 2.24) is 5.32 Å². The lowest BCUT2D eigenvalue weighted by molar-refractivity contribution is -0.138. The monoisotopic (exact) mass is 509 g/mol. The Morgan fingerprint density at radius 1 is 1.21 bits per heavy atom. The molecule has 2 aromatic carbocycles. The topological polar surface area (TPSA) is 103 Å². The first-order valence-electron chi connectivity index (χ1n) is 10.4. The second kappa shape index (κ2) is 11.5. The fourth-order valence-corrected chi connectivity index (χ4v) is 4.16. The molecule has 11 heteroatoms. The number of carbonyl (C=O) groups excluding carboxylic acids is 1. The SMILES string of the molecule is C1CCNC1.N=Cc1cc(/C=C2\SC(N)=NC2=O)ccc1NCc1ccc(Cl)cc1C(F)(F)F. The summed E-state index contributed by atoms with van der Waals surface area (Å²) >= 11 is 6.74. The average molecular weight is 510 g/mol. The lowest BCUT2D eigenvalue weighted by atomic mass is 10.1. The Labute approximate surface area is 204 Å². The van der Waals surface area contributed by atoms with Crippen LogP contribution in [0.2, 0.25) is 5.02 Å². The first kappa shape index (κ1) is 25.8. The van der Waals surface area contributed by atoms with E-state index in [2.05, 4.69) is 15.6 Å². The number of hydrogen-bond donors (Lipinski definition) is 4. The number of hydrogen-bond acceptors (Lipinski definition) is 6. The highest BCUT2D eigenvalue weighted by molar-refractivity contribution is 8.18. The highest BCUT2D eigenvalue weighted by Crippen LogP contribution is 2.34. The highest BCUT2D eigenvalue weighted by atomic mass is 35.5. The van der Waals surface area contributed by atoms with E-state index in [1.165, 1.54) is 38.1 Å². The summed E-state index contributed by atoms with van der Waals surface area (Å²) in [5, 5.41) is 13.9. The summed E-state index contributed by atoms with van der Waals surface area (Å²) < 4.78 is 39.7. The molecule has 4 rings (SSSR count). The van der Waals surface area contributed by atoms with Gasteiger partial charge in [-0.1, -0.05) is 23.7 Å². The number of rotatable bonds is 5. The van der Waals surface area contributed by atoms with E-state index in [0.717, 1.165) is 24.0 Å². The minimum atomic E-state index is -4.53. The van der Waals surface area contributed by atoms with Gasteiger partial charge < -0.3 is 21.8 Å². The summed E-state index contributed by atoms with van der Waals surface area (Å²) in [5.41, 5.74) is 6.29. The van der Waals surface area contributed by atoms with Crippen molar-refractivity contribution in [2.24, 2.45) is 10.7 Å². The number of thioether (sulfide) groups is 1. The Morgan fingerprint density at radius 3 is 2.50 bits per heavy atom. The van der Waals surface area contributed by atoms with Crippen LogP contribution >= 0.6 is 23.4 Å². The van der Waals surface area contributed by atoms with Gasteiger partial charge in [0.25, 0.3) is 5.91 Å². The van der Waals surface area contributed by atoms with E-state index in [-0.39, 0.29) is 22.3 Å². The van der Waals surface area contributed by atoms with Gasteiger partial charge in [0.05, 0.1) is 10.5 Å². The summed E-state index contributed by atoms with van der Waals surface area (Å²) in [5.74, 6) is -0.437. The number of benzene rings is 2. The number of nitrogens with two attached hydrogens (primary N) is 1. The summed E-state index contributed by atoms with van der Waals surface area (Å²) in [7, 11) is 0. The van der Waals surface area contributed by atoms with Crippen molar-refractivity contribution in [2.45, 2.75) is 25.6 Å². The Morgan fingerprint density at radius 2 is 1.94 bits per heavy atom. The largest absolute Gasteiger partial charge is 0.416 e. The van der Waals surface area contributed by atoms with E-state index >= 15 is 0 Å². The van der Waals surface area contributed by atoms with Crippen molar-refractivity contribution in [3.8, 4) is 0 Å². The molecule has 0 radical (unpaired) electrons. The molecule has 34 heavy (non-hydrogen) atoms. The summed E-state index contributed by atoms with van der Waals surface area (Å²) in [6.45, 7) is 2.39. The highest BCUT2D eigenvalue weighted by Gasteiger charge is 2.33. The Bertz CT molecular complexity index is 1120. The molecule has 5 N–H and O–H groups in total. The Kier molecular flexibility index (Phi) is 8.76. The van der Waals surface area contributed by atoms with Gasteiger partial charge in [-0.3, -0.25) is 4.79 Å². The molecule has 2 aliphatic rings. The Balaban J connectivity index is 0.000000574. The van der Waals surface area contributed by atoms with Gasteiger partial charge in [-0.05, 0) is 79.2 Å². The maximum absolute atomic E-state index is 13.2. The van der Waals surface area contributed by atoms with Crippen molar-refractivity contribution in [3.05, 3.63) is 68.6 Å². The molecule has 2 aromatic rings. The maximum Gasteiger partial charge on any atom is 0.416 e. The standard InChI is InChI=1S/C19H14ClF3N4OS.C4H9N/c20-13-3-2-11(14(7-13)19(21,22)23)9-26-15-4-1-10(5-12(15)8-24)6-16-17(28)27-18(25)29-16;1-2-4-5-3-1/h1-8,24,26H,9H2,(H2,25,27,28);5H,1-4H2/b16-6-,24-8?;. The fraction of sp³-hybridized carbons (Fsp3) is 0.261. The van der Waals surface area contributed by atoms with Crippen molar-refractivity contribution < 1.29 is 18.0 Å². The molecule has 0 aliphatic carbocycles. The molecular formula is C23H23ClF3N5OS. The molecule has 0 aromatic heterocycles. The van der Waals surface area contributed by atoms with Gasteiger partial charge in [-0.25, -0.2) is 0 Å². The molecule has 1 fully saturated rings. The van der Waals surface area contributed by atoms with Gasteiger partial charge in [0, 0.05) is 29.0 Å². The van der Waals surface area contributed by atoms with E-state index in [1.807, 2.05) is 0 Å². The zero-order valence-corrected chi connectivity index (χ0v) is 19.6. The summed E-state index contributed by atoms with van der Waals surface area (Å²) in [6, 6.07) is 8.53. The van der Waals surface area contributed by atoms with Gasteiger partial charge in [-0.15, -0.1) is 0 Å². The lowest BCUT2D eigenvalue weighted by Gasteiger charge is -2.15. The van der Waals surface area contributed by atoms with E-state index in [0.29, 0.717) is 21.7 Å². The normalized spacial score (nSPS) is 16.8. The molecule has 6 nitrogen and oxygen atoms in total. The average Bonchev–Trinajstić information content (AvgIpc) is 3.46. The first-order valence-corrected chi connectivity index (χ1v) is 11.6. The van der Waals surface area contributed by atoms with Crippen LogP contribution in [-0.4, -0.2) is 30.4 Å². The number of alkyl halides is 3. The van der Waals surface area contributed by atoms with Crippen LogP contribution in [0.1, 0.15) is 35.1 Å². The molecular weight excluding hydrogens is 487 g/mol. The molecule has 0 bridgehead atoms. The first-order chi connectivity index (χ1) is 16.2. The lowest BCUT2D eigenvalue weighted by Crippen LogP contribution is -2.12. The molecule has 1 amide bonds. The van der Waals surface area contributed by atoms with Crippen molar-refractivity contribution in [1.29, 1.82) is 5.41 Å². The van der Waals surface area contributed by atoms with Crippen LogP contribution in [-0.2, 0) is 17.5 Å². The van der Waals surface area contributed by atoms with E-state index in [4.69, 9.17) is 22.7 Å². The van der Waals surface area contributed by atoms with Crippen molar-refractivity contribution in [2.75, 3.05) is 18.4 Å². The third-order valence-corrected chi connectivity index (χ3v) is 6.02. The predicted octanol–water partition coefficient (Wildman–Crippen LogP) is 5.27. The van der Waals surface area contributed by atoms with Crippen LogP contribution in [0.3, 0.4) is 0 Å². The van der Waals surface area contributed by atoms with Crippen LogP contribution < -0.4 is 16.4 Å². The Hall–Kier alpha value is -2.82. The molecule has 0 saturated carbocycles. The smallest absolute Gasteiger partial charge is 0.380 e. The van der Waals surface area contributed by atoms with E-state index in [9.17, 15) is 18.0 Å². The number of nitrogens with one attached hydrogen (secondary N) is 3. The molecule has 2 heterocycles. The van der Waals surface area contributed by atoms with Crippen LogP contribution in [0, 0.1) is 5.41 Å². The van der Waals surface area contributed by atoms with Crippen LogP contribution in [0.15, 0.2) is 46.3 Å². The van der Waals surface area contributed by atoms with Crippen LogP contribution in [0.5, 0.6) is 0 Å². The second-order valence-corrected chi connectivity index (χ2v) is 8.97. The minimum absolute atomic E-state index is 0.00240. The third kappa shape index (κ3) is 7.09. The summed E-state index contributed by atoms with van der Waals surface area (Å²) in [4.78, 5) is 15.7. The molecule has 0 unspecified atom stereocenters. The minimum Gasteiger partial charge on any atom is -0.380 e. The van der Waals surface area contributed by atoms with Crippen LogP contribution in [0.4, 0.5) is 18.9 Å². The molecule has 0 spiro atoms. The number of carbonyl (C=O) groups is 1. The van der Waals surface area contributed by atoms with Gasteiger partial charge in [0.2, 0.25) is 0 Å². The maximum atomic E-state index is 13.2. The van der Waals surface area contributed by atoms with Crippen LogP contribution in [0.25, 0.3) is 6.08 Å². The number of amidine groups is 1. The summed E-state index contributed by atoms with van der Waals surface area (Å²) in [6.07, 6.45) is 0.914.